The molecule has 7 heteroatoms. The lowest BCUT2D eigenvalue weighted by Crippen LogP contribution is -2.27. The SMILES string of the molecule is CCCCCCOc1ccc(C2C(C(C)=O)=C(C)Nc3nc(SCCCC)nn32)cc1. The van der Waals surface area contributed by atoms with E-state index in [0.29, 0.717) is 5.95 Å². The number of carbonyl (C=O) groups is 1. The third kappa shape index (κ3) is 5.91. The van der Waals surface area contributed by atoms with Gasteiger partial charge in [-0.25, -0.2) is 4.68 Å². The summed E-state index contributed by atoms with van der Waals surface area (Å²) >= 11 is 1.66. The molecule has 0 bridgehead atoms. The zero-order chi connectivity index (χ0) is 22.2. The van der Waals surface area contributed by atoms with E-state index in [0.717, 1.165) is 59.4 Å². The van der Waals surface area contributed by atoms with E-state index in [-0.39, 0.29) is 11.8 Å². The van der Waals surface area contributed by atoms with Gasteiger partial charge in [0, 0.05) is 17.0 Å². The molecule has 168 valence electrons. The molecule has 0 spiro atoms. The first-order chi connectivity index (χ1) is 15.0. The molecule has 0 aliphatic carbocycles. The minimum absolute atomic E-state index is 0.0348. The summed E-state index contributed by atoms with van der Waals surface area (Å²) < 4.78 is 7.74. The van der Waals surface area contributed by atoms with E-state index in [1.54, 1.807) is 18.7 Å². The number of thioether (sulfide) groups is 1. The molecule has 31 heavy (non-hydrogen) atoms. The van der Waals surface area contributed by atoms with Gasteiger partial charge in [0.1, 0.15) is 11.8 Å². The van der Waals surface area contributed by atoms with E-state index < -0.39 is 0 Å². The Balaban J connectivity index is 1.81. The predicted octanol–water partition coefficient (Wildman–Crippen LogP) is 6.01. The normalized spacial score (nSPS) is 15.5. The summed E-state index contributed by atoms with van der Waals surface area (Å²) in [6.45, 7) is 8.66. The Kier molecular flexibility index (Phi) is 8.58. The van der Waals surface area contributed by atoms with Crippen molar-refractivity contribution in [3.8, 4) is 5.75 Å². The molecular formula is C24H34N4O2S. The Morgan fingerprint density at radius 1 is 1.13 bits per heavy atom. The molecular weight excluding hydrogens is 408 g/mol. The number of hydrogen-bond acceptors (Lipinski definition) is 6. The van der Waals surface area contributed by atoms with Crippen LogP contribution in [-0.4, -0.2) is 32.9 Å². The third-order valence-electron chi connectivity index (χ3n) is 5.40. The largest absolute Gasteiger partial charge is 0.494 e. The first-order valence-electron chi connectivity index (χ1n) is 11.4. The van der Waals surface area contributed by atoms with Crippen LogP contribution in [0.4, 0.5) is 5.95 Å². The van der Waals surface area contributed by atoms with Crippen LogP contribution in [0, 0.1) is 0 Å². The van der Waals surface area contributed by atoms with E-state index in [4.69, 9.17) is 9.84 Å². The number of carbonyl (C=O) groups excluding carboxylic acids is 1. The van der Waals surface area contributed by atoms with Gasteiger partial charge < -0.3 is 10.1 Å². The number of allylic oxidation sites excluding steroid dienone is 2. The second-order valence-corrected chi connectivity index (χ2v) is 9.03. The minimum Gasteiger partial charge on any atom is -0.494 e. The monoisotopic (exact) mass is 442 g/mol. The number of benzene rings is 1. The van der Waals surface area contributed by atoms with Crippen molar-refractivity contribution < 1.29 is 9.53 Å². The highest BCUT2D eigenvalue weighted by molar-refractivity contribution is 7.99. The molecule has 0 amide bonds. The number of unbranched alkanes of at least 4 members (excludes halogenated alkanes) is 4. The van der Waals surface area contributed by atoms with Crippen molar-refractivity contribution in [2.24, 2.45) is 0 Å². The number of rotatable bonds is 12. The van der Waals surface area contributed by atoms with Gasteiger partial charge in [-0.15, -0.1) is 5.10 Å². The molecule has 2 heterocycles. The lowest BCUT2D eigenvalue weighted by molar-refractivity contribution is -0.114. The number of anilines is 1. The summed E-state index contributed by atoms with van der Waals surface area (Å²) in [6, 6.07) is 7.74. The quantitative estimate of drug-likeness (QED) is 0.321. The van der Waals surface area contributed by atoms with Gasteiger partial charge in [-0.1, -0.05) is 63.4 Å². The van der Waals surface area contributed by atoms with Crippen LogP contribution in [0.15, 0.2) is 40.7 Å². The van der Waals surface area contributed by atoms with Gasteiger partial charge in [0.25, 0.3) is 0 Å². The highest BCUT2D eigenvalue weighted by Crippen LogP contribution is 2.37. The zero-order valence-electron chi connectivity index (χ0n) is 19.1. The van der Waals surface area contributed by atoms with Crippen molar-refractivity contribution in [1.29, 1.82) is 0 Å². The average Bonchev–Trinajstić information content (AvgIpc) is 3.15. The molecule has 2 aromatic rings. The van der Waals surface area contributed by atoms with Crippen LogP contribution in [0.2, 0.25) is 0 Å². The fraction of sp³-hybridized carbons (Fsp3) is 0.542. The predicted molar refractivity (Wildman–Crippen MR) is 127 cm³/mol. The molecule has 1 N–H and O–H groups in total. The van der Waals surface area contributed by atoms with Gasteiger partial charge in [0.2, 0.25) is 11.1 Å². The molecule has 0 radical (unpaired) electrons. The van der Waals surface area contributed by atoms with Crippen molar-refractivity contribution in [3.05, 3.63) is 41.1 Å². The summed E-state index contributed by atoms with van der Waals surface area (Å²) in [5, 5.41) is 8.75. The lowest BCUT2D eigenvalue weighted by atomic mass is 9.93. The van der Waals surface area contributed by atoms with Crippen molar-refractivity contribution in [1.82, 2.24) is 14.8 Å². The van der Waals surface area contributed by atoms with Crippen LogP contribution in [0.1, 0.15) is 77.8 Å². The van der Waals surface area contributed by atoms with Gasteiger partial charge in [-0.2, -0.15) is 4.98 Å². The Morgan fingerprint density at radius 3 is 2.55 bits per heavy atom. The number of Topliss-reactive ketones (excluding diaryl/α,β-unsaturated/α-hetero) is 1. The maximum atomic E-state index is 12.5. The topological polar surface area (TPSA) is 69.0 Å². The molecule has 0 saturated carbocycles. The Labute approximate surface area is 189 Å². The van der Waals surface area contributed by atoms with Crippen LogP contribution in [0.25, 0.3) is 0 Å². The fourth-order valence-corrected chi connectivity index (χ4v) is 4.64. The molecule has 0 saturated heterocycles. The van der Waals surface area contributed by atoms with Gasteiger partial charge in [0.05, 0.1) is 6.61 Å². The molecule has 1 aliphatic heterocycles. The average molecular weight is 443 g/mol. The van der Waals surface area contributed by atoms with Crippen LogP contribution >= 0.6 is 11.8 Å². The number of nitrogens with zero attached hydrogens (tertiary/aromatic N) is 3. The lowest BCUT2D eigenvalue weighted by Gasteiger charge is -2.28. The number of nitrogens with one attached hydrogen (secondary N) is 1. The second-order valence-electron chi connectivity index (χ2n) is 7.97. The van der Waals surface area contributed by atoms with E-state index in [9.17, 15) is 4.79 Å². The highest BCUT2D eigenvalue weighted by atomic mass is 32.2. The van der Waals surface area contributed by atoms with Crippen molar-refractivity contribution in [2.75, 3.05) is 17.7 Å². The molecule has 6 nitrogen and oxygen atoms in total. The molecule has 1 aliphatic rings. The highest BCUT2D eigenvalue weighted by Gasteiger charge is 2.32. The first-order valence-corrected chi connectivity index (χ1v) is 12.3. The van der Waals surface area contributed by atoms with Crippen LogP contribution < -0.4 is 10.1 Å². The number of ketones is 1. The van der Waals surface area contributed by atoms with Gasteiger partial charge in [0.15, 0.2) is 5.78 Å². The fourth-order valence-electron chi connectivity index (χ4n) is 3.73. The number of fused-ring (bicyclic) bond motifs is 1. The number of aromatic nitrogens is 3. The standard InChI is InChI=1S/C24H34N4O2S/c1-5-7-9-10-15-30-20-13-11-19(12-14-20)22-21(18(4)29)17(3)25-23-26-24(27-28(22)23)31-16-8-6-2/h11-14,22H,5-10,15-16H2,1-4H3,(H,25,26,27). The Bertz CT molecular complexity index is 905. The van der Waals surface area contributed by atoms with Crippen molar-refractivity contribution in [3.63, 3.8) is 0 Å². The summed E-state index contributed by atoms with van der Waals surface area (Å²) in [5.74, 6) is 2.56. The smallest absolute Gasteiger partial charge is 0.227 e. The van der Waals surface area contributed by atoms with Gasteiger partial charge in [-0.3, -0.25) is 4.79 Å². The summed E-state index contributed by atoms with van der Waals surface area (Å²) in [7, 11) is 0. The Morgan fingerprint density at radius 2 is 1.87 bits per heavy atom. The number of hydrogen-bond donors (Lipinski definition) is 1. The summed E-state index contributed by atoms with van der Waals surface area (Å²) in [6.07, 6.45) is 7.01. The van der Waals surface area contributed by atoms with Crippen molar-refractivity contribution >= 4 is 23.5 Å². The molecule has 1 aromatic carbocycles. The van der Waals surface area contributed by atoms with Crippen LogP contribution in [0.3, 0.4) is 0 Å². The van der Waals surface area contributed by atoms with Gasteiger partial charge >= 0.3 is 0 Å². The molecule has 3 rings (SSSR count). The zero-order valence-corrected chi connectivity index (χ0v) is 19.9. The second kappa shape index (κ2) is 11.4. The minimum atomic E-state index is -0.291. The van der Waals surface area contributed by atoms with E-state index in [2.05, 4.69) is 24.1 Å². The van der Waals surface area contributed by atoms with Crippen LogP contribution in [-0.2, 0) is 4.79 Å². The van der Waals surface area contributed by atoms with E-state index >= 15 is 0 Å². The maximum Gasteiger partial charge on any atom is 0.227 e. The van der Waals surface area contributed by atoms with E-state index in [1.807, 2.05) is 35.9 Å². The van der Waals surface area contributed by atoms with Crippen molar-refractivity contribution in [2.45, 2.75) is 77.4 Å². The third-order valence-corrected chi connectivity index (χ3v) is 6.33. The summed E-state index contributed by atoms with van der Waals surface area (Å²) in [4.78, 5) is 17.2. The molecule has 1 unspecified atom stereocenters. The Hall–Kier alpha value is -2.28. The molecule has 1 aromatic heterocycles. The number of ether oxygens (including phenoxy) is 1. The summed E-state index contributed by atoms with van der Waals surface area (Å²) in [5.41, 5.74) is 2.55. The molecule has 1 atom stereocenters. The van der Waals surface area contributed by atoms with Crippen LogP contribution in [0.5, 0.6) is 5.75 Å². The first kappa shape index (κ1) is 23.4. The molecule has 0 fully saturated rings. The maximum absolute atomic E-state index is 12.5. The van der Waals surface area contributed by atoms with Gasteiger partial charge in [-0.05, 0) is 44.4 Å². The van der Waals surface area contributed by atoms with E-state index in [1.165, 1.54) is 19.3 Å².